The highest BCUT2D eigenvalue weighted by molar-refractivity contribution is 14.0. The molecular formula is C16H28IN3O3. The fraction of sp³-hybridized carbons (Fsp3) is 0.562. The third-order valence-electron chi connectivity index (χ3n) is 3.06. The lowest BCUT2D eigenvalue weighted by atomic mass is 10.1. The van der Waals surface area contributed by atoms with Crippen molar-refractivity contribution >= 4 is 29.9 Å². The molecule has 7 heteroatoms. The number of hydrogen-bond donors (Lipinski definition) is 2. The van der Waals surface area contributed by atoms with Gasteiger partial charge in [0.25, 0.3) is 0 Å². The van der Waals surface area contributed by atoms with Gasteiger partial charge in [-0.1, -0.05) is 12.1 Å². The topological polar surface area (TPSA) is 64.1 Å². The molecule has 2 N–H and O–H groups in total. The molecule has 0 spiro atoms. The minimum absolute atomic E-state index is 0. The molecule has 0 amide bonds. The van der Waals surface area contributed by atoms with Gasteiger partial charge in [-0.25, -0.2) is 0 Å². The lowest BCUT2D eigenvalue weighted by Gasteiger charge is -2.12. The number of nitrogens with one attached hydrogen (secondary N) is 2. The Balaban J connectivity index is 0.00000484. The average molecular weight is 437 g/mol. The smallest absolute Gasteiger partial charge is 0.191 e. The molecule has 0 aliphatic carbocycles. The number of nitrogens with zero attached hydrogens (tertiary/aromatic N) is 1. The van der Waals surface area contributed by atoms with Crippen LogP contribution in [-0.4, -0.2) is 60.1 Å². The van der Waals surface area contributed by atoms with Gasteiger partial charge in [0.1, 0.15) is 5.75 Å². The third-order valence-corrected chi connectivity index (χ3v) is 3.06. The normalized spacial score (nSPS) is 10.8. The fourth-order valence-electron chi connectivity index (χ4n) is 1.82. The van der Waals surface area contributed by atoms with Gasteiger partial charge in [0, 0.05) is 27.2 Å². The van der Waals surface area contributed by atoms with Crippen molar-refractivity contribution < 1.29 is 14.2 Å². The van der Waals surface area contributed by atoms with E-state index in [0.717, 1.165) is 24.7 Å². The van der Waals surface area contributed by atoms with E-state index in [1.54, 1.807) is 21.3 Å². The van der Waals surface area contributed by atoms with Crippen LogP contribution in [0.2, 0.25) is 0 Å². The Morgan fingerprint density at radius 2 is 1.70 bits per heavy atom. The van der Waals surface area contributed by atoms with Gasteiger partial charge >= 0.3 is 0 Å². The number of methoxy groups -OCH3 is 2. The zero-order chi connectivity index (χ0) is 16.0. The second kappa shape index (κ2) is 14.5. The SMILES string of the molecule is CN=C(NCCOCCOC)NCCc1ccc(OC)cc1.I. The van der Waals surface area contributed by atoms with Crippen LogP contribution in [0.5, 0.6) is 5.75 Å². The second-order valence-electron chi connectivity index (χ2n) is 4.63. The van der Waals surface area contributed by atoms with Crippen LogP contribution in [0.25, 0.3) is 0 Å². The van der Waals surface area contributed by atoms with Gasteiger partial charge in [0.05, 0.1) is 26.9 Å². The Morgan fingerprint density at radius 1 is 1.00 bits per heavy atom. The monoisotopic (exact) mass is 437 g/mol. The average Bonchev–Trinajstić information content (AvgIpc) is 2.57. The summed E-state index contributed by atoms with van der Waals surface area (Å²) in [6.07, 6.45) is 0.926. The molecule has 0 aliphatic heterocycles. The van der Waals surface area contributed by atoms with E-state index in [2.05, 4.69) is 27.8 Å². The number of benzene rings is 1. The first kappa shape index (κ1) is 21.9. The highest BCUT2D eigenvalue weighted by Gasteiger charge is 1.98. The first-order valence-electron chi connectivity index (χ1n) is 7.44. The number of guanidine groups is 1. The summed E-state index contributed by atoms with van der Waals surface area (Å²) in [5.74, 6) is 1.66. The van der Waals surface area contributed by atoms with Crippen LogP contribution in [0.15, 0.2) is 29.3 Å². The molecule has 0 atom stereocenters. The standard InChI is InChI=1S/C16H27N3O3.HI/c1-17-16(19-10-11-22-13-12-20-2)18-9-8-14-4-6-15(21-3)7-5-14;/h4-7H,8-13H2,1-3H3,(H2,17,18,19);1H. The van der Waals surface area contributed by atoms with E-state index in [4.69, 9.17) is 14.2 Å². The number of ether oxygens (including phenoxy) is 3. The zero-order valence-corrected chi connectivity index (χ0v) is 16.5. The van der Waals surface area contributed by atoms with Crippen molar-refractivity contribution in [3.05, 3.63) is 29.8 Å². The highest BCUT2D eigenvalue weighted by atomic mass is 127. The molecule has 1 aromatic rings. The Bertz CT molecular complexity index is 427. The maximum atomic E-state index is 5.38. The minimum Gasteiger partial charge on any atom is -0.497 e. The summed E-state index contributed by atoms with van der Waals surface area (Å²) in [6.45, 7) is 3.39. The molecule has 1 rings (SSSR count). The van der Waals surface area contributed by atoms with Crippen LogP contribution in [0.1, 0.15) is 5.56 Å². The zero-order valence-electron chi connectivity index (χ0n) is 14.1. The predicted molar refractivity (Wildman–Crippen MR) is 104 cm³/mol. The molecule has 1 aromatic carbocycles. The molecule has 0 bridgehead atoms. The van der Waals surface area contributed by atoms with Crippen molar-refractivity contribution in [1.82, 2.24) is 10.6 Å². The van der Waals surface area contributed by atoms with E-state index >= 15 is 0 Å². The number of aliphatic imine (C=N–C) groups is 1. The Morgan fingerprint density at radius 3 is 2.30 bits per heavy atom. The van der Waals surface area contributed by atoms with Crippen molar-refractivity contribution in [3.63, 3.8) is 0 Å². The van der Waals surface area contributed by atoms with Crippen LogP contribution in [0, 0.1) is 0 Å². The van der Waals surface area contributed by atoms with Gasteiger partial charge < -0.3 is 24.8 Å². The Hall–Kier alpha value is -1.06. The van der Waals surface area contributed by atoms with Crippen LogP contribution in [0.4, 0.5) is 0 Å². The summed E-state index contributed by atoms with van der Waals surface area (Å²) < 4.78 is 15.4. The molecule has 0 fully saturated rings. The second-order valence-corrected chi connectivity index (χ2v) is 4.63. The summed E-state index contributed by atoms with van der Waals surface area (Å²) in [4.78, 5) is 4.17. The number of hydrogen-bond acceptors (Lipinski definition) is 4. The van der Waals surface area contributed by atoms with Crippen LogP contribution < -0.4 is 15.4 Å². The summed E-state index contributed by atoms with van der Waals surface area (Å²) in [7, 11) is 5.09. The molecule has 0 saturated carbocycles. The fourth-order valence-corrected chi connectivity index (χ4v) is 1.82. The summed E-state index contributed by atoms with van der Waals surface area (Å²) >= 11 is 0. The third kappa shape index (κ3) is 10.4. The Kier molecular flexibility index (Phi) is 13.9. The molecule has 0 aromatic heterocycles. The van der Waals surface area contributed by atoms with Gasteiger partial charge in [-0.3, -0.25) is 4.99 Å². The van der Waals surface area contributed by atoms with Crippen molar-refractivity contribution in [1.29, 1.82) is 0 Å². The highest BCUT2D eigenvalue weighted by Crippen LogP contribution is 2.11. The lowest BCUT2D eigenvalue weighted by Crippen LogP contribution is -2.39. The van der Waals surface area contributed by atoms with Crippen LogP contribution in [-0.2, 0) is 15.9 Å². The molecule has 132 valence electrons. The van der Waals surface area contributed by atoms with E-state index in [1.165, 1.54) is 5.56 Å². The first-order chi connectivity index (χ1) is 10.8. The van der Waals surface area contributed by atoms with E-state index in [-0.39, 0.29) is 24.0 Å². The van der Waals surface area contributed by atoms with Crippen molar-refractivity contribution in [3.8, 4) is 5.75 Å². The van der Waals surface area contributed by atoms with Gasteiger partial charge in [-0.05, 0) is 24.1 Å². The summed E-state index contributed by atoms with van der Waals surface area (Å²) in [6, 6.07) is 8.08. The van der Waals surface area contributed by atoms with Crippen molar-refractivity contribution in [2.45, 2.75) is 6.42 Å². The summed E-state index contributed by atoms with van der Waals surface area (Å²) in [5, 5.41) is 6.48. The quantitative estimate of drug-likeness (QED) is 0.253. The van der Waals surface area contributed by atoms with Gasteiger partial charge in [-0.2, -0.15) is 0 Å². The van der Waals surface area contributed by atoms with Crippen molar-refractivity contribution in [2.75, 3.05) is 54.2 Å². The predicted octanol–water partition coefficient (Wildman–Crippen LogP) is 1.68. The lowest BCUT2D eigenvalue weighted by molar-refractivity contribution is 0.0733. The molecule has 0 heterocycles. The van der Waals surface area contributed by atoms with Crippen molar-refractivity contribution in [2.24, 2.45) is 4.99 Å². The Labute approximate surface area is 156 Å². The largest absolute Gasteiger partial charge is 0.497 e. The molecule has 0 saturated heterocycles. The van der Waals surface area contributed by atoms with E-state index < -0.39 is 0 Å². The molecular weight excluding hydrogens is 409 g/mol. The minimum atomic E-state index is 0. The van der Waals surface area contributed by atoms with Crippen LogP contribution in [0.3, 0.4) is 0 Å². The first-order valence-corrected chi connectivity index (χ1v) is 7.44. The molecule has 0 aliphatic rings. The summed E-state index contributed by atoms with van der Waals surface area (Å²) in [5.41, 5.74) is 1.26. The van der Waals surface area contributed by atoms with Crippen LogP contribution >= 0.6 is 24.0 Å². The van der Waals surface area contributed by atoms with E-state index in [1.807, 2.05) is 12.1 Å². The van der Waals surface area contributed by atoms with Gasteiger partial charge in [0.15, 0.2) is 5.96 Å². The molecule has 6 nitrogen and oxygen atoms in total. The molecule has 23 heavy (non-hydrogen) atoms. The number of halogens is 1. The molecule has 0 radical (unpaired) electrons. The van der Waals surface area contributed by atoms with Gasteiger partial charge in [-0.15, -0.1) is 24.0 Å². The maximum Gasteiger partial charge on any atom is 0.191 e. The van der Waals surface area contributed by atoms with E-state index in [9.17, 15) is 0 Å². The van der Waals surface area contributed by atoms with Gasteiger partial charge in [0.2, 0.25) is 0 Å². The van der Waals surface area contributed by atoms with E-state index in [0.29, 0.717) is 26.4 Å². The maximum absolute atomic E-state index is 5.38. The molecule has 0 unspecified atom stereocenters. The number of rotatable bonds is 10.